The minimum atomic E-state index is 0.723. The normalized spacial score (nSPS) is 31.9. The quantitative estimate of drug-likeness (QED) is 0.319. The third-order valence-corrected chi connectivity index (χ3v) is 6.47. The Bertz CT molecular complexity index is 295. The molecule has 2 fully saturated rings. The summed E-state index contributed by atoms with van der Waals surface area (Å²) in [6, 6.07) is 0. The van der Waals surface area contributed by atoms with E-state index in [-0.39, 0.29) is 0 Å². The third kappa shape index (κ3) is 7.42. The van der Waals surface area contributed by atoms with E-state index in [1.807, 2.05) is 6.08 Å². The van der Waals surface area contributed by atoms with Crippen LogP contribution in [0.2, 0.25) is 0 Å². The van der Waals surface area contributed by atoms with E-state index in [2.05, 4.69) is 13.5 Å². The van der Waals surface area contributed by atoms with Crippen LogP contribution in [0.3, 0.4) is 0 Å². The lowest BCUT2D eigenvalue weighted by Gasteiger charge is -2.32. The smallest absolute Gasteiger partial charge is 0.0644 e. The van der Waals surface area contributed by atoms with Crippen molar-refractivity contribution in [3.8, 4) is 0 Å². The van der Waals surface area contributed by atoms with E-state index in [1.54, 1.807) is 0 Å². The molecule has 0 aromatic rings. The van der Waals surface area contributed by atoms with Gasteiger partial charge in [0.05, 0.1) is 6.61 Å². The van der Waals surface area contributed by atoms with Crippen LogP contribution in [0.1, 0.15) is 90.4 Å². The summed E-state index contributed by atoms with van der Waals surface area (Å²) in [6.45, 7) is 7.73. The van der Waals surface area contributed by atoms with E-state index in [0.717, 1.165) is 36.9 Å². The second kappa shape index (κ2) is 11.3. The maximum absolute atomic E-state index is 5.63. The Kier molecular flexibility index (Phi) is 9.34. The van der Waals surface area contributed by atoms with Gasteiger partial charge < -0.3 is 4.74 Å². The highest BCUT2D eigenvalue weighted by molar-refractivity contribution is 4.77. The van der Waals surface area contributed by atoms with Crippen LogP contribution in [-0.2, 0) is 4.74 Å². The average Bonchev–Trinajstić information content (AvgIpc) is 2.60. The molecule has 0 amide bonds. The fourth-order valence-electron chi connectivity index (χ4n) is 4.78. The van der Waals surface area contributed by atoms with Gasteiger partial charge in [0, 0.05) is 6.61 Å². The SMILES string of the molecule is C=CCOCC1CCC(CCC2CCC(CCCC)CC2)CC1. The van der Waals surface area contributed by atoms with Crippen LogP contribution < -0.4 is 0 Å². The molecule has 0 aromatic heterocycles. The molecule has 0 unspecified atom stereocenters. The molecular formula is C22H40O. The van der Waals surface area contributed by atoms with Crippen molar-refractivity contribution in [1.82, 2.24) is 0 Å². The second-order valence-electron chi connectivity index (χ2n) is 8.32. The first kappa shape index (κ1) is 19.0. The topological polar surface area (TPSA) is 9.23 Å². The zero-order valence-corrected chi connectivity index (χ0v) is 15.6. The molecule has 1 heteroatoms. The highest BCUT2D eigenvalue weighted by Crippen LogP contribution is 2.37. The van der Waals surface area contributed by atoms with Crippen LogP contribution >= 0.6 is 0 Å². The highest BCUT2D eigenvalue weighted by atomic mass is 16.5. The fourth-order valence-corrected chi connectivity index (χ4v) is 4.78. The van der Waals surface area contributed by atoms with Crippen molar-refractivity contribution >= 4 is 0 Å². The molecule has 1 nitrogen and oxygen atoms in total. The molecule has 0 radical (unpaired) electrons. The molecule has 0 saturated heterocycles. The molecule has 0 aromatic carbocycles. The summed E-state index contributed by atoms with van der Waals surface area (Å²) in [6.07, 6.45) is 21.0. The molecule has 2 saturated carbocycles. The summed E-state index contributed by atoms with van der Waals surface area (Å²) >= 11 is 0. The van der Waals surface area contributed by atoms with Gasteiger partial charge in [0.1, 0.15) is 0 Å². The Labute approximate surface area is 145 Å². The van der Waals surface area contributed by atoms with Crippen LogP contribution in [0.25, 0.3) is 0 Å². The van der Waals surface area contributed by atoms with Crippen molar-refractivity contribution in [2.75, 3.05) is 13.2 Å². The predicted molar refractivity (Wildman–Crippen MR) is 101 cm³/mol. The van der Waals surface area contributed by atoms with Crippen molar-refractivity contribution in [3.63, 3.8) is 0 Å². The molecule has 2 aliphatic rings. The summed E-state index contributed by atoms with van der Waals surface area (Å²) in [5.74, 6) is 3.96. The first-order valence-corrected chi connectivity index (χ1v) is 10.5. The number of rotatable bonds is 10. The van der Waals surface area contributed by atoms with E-state index in [4.69, 9.17) is 4.74 Å². The molecule has 0 atom stereocenters. The first-order chi connectivity index (χ1) is 11.3. The van der Waals surface area contributed by atoms with Gasteiger partial charge in [0.25, 0.3) is 0 Å². The largest absolute Gasteiger partial charge is 0.377 e. The molecule has 0 heterocycles. The number of ether oxygens (including phenoxy) is 1. The molecule has 2 rings (SSSR count). The standard InChI is InChI=1S/C22H40O/c1-3-5-6-19-7-9-20(10-8-19)11-12-21-13-15-22(16-14-21)18-23-17-4-2/h4,19-22H,2-3,5-18H2,1H3. The Morgan fingerprint density at radius 2 is 1.26 bits per heavy atom. The summed E-state index contributed by atoms with van der Waals surface area (Å²) < 4.78 is 5.63. The Morgan fingerprint density at radius 3 is 1.74 bits per heavy atom. The maximum Gasteiger partial charge on any atom is 0.0644 e. The van der Waals surface area contributed by atoms with Gasteiger partial charge in [0.2, 0.25) is 0 Å². The van der Waals surface area contributed by atoms with Crippen LogP contribution in [0.15, 0.2) is 12.7 Å². The van der Waals surface area contributed by atoms with Crippen molar-refractivity contribution in [2.45, 2.75) is 90.4 Å². The number of hydrogen-bond acceptors (Lipinski definition) is 1. The van der Waals surface area contributed by atoms with Crippen LogP contribution in [-0.4, -0.2) is 13.2 Å². The maximum atomic E-state index is 5.63. The molecule has 23 heavy (non-hydrogen) atoms. The second-order valence-corrected chi connectivity index (χ2v) is 8.32. The molecular weight excluding hydrogens is 280 g/mol. The lowest BCUT2D eigenvalue weighted by atomic mass is 9.75. The van der Waals surface area contributed by atoms with Crippen molar-refractivity contribution < 1.29 is 4.74 Å². The lowest BCUT2D eigenvalue weighted by Crippen LogP contribution is -2.20. The van der Waals surface area contributed by atoms with Crippen LogP contribution in [0.4, 0.5) is 0 Å². The number of hydrogen-bond donors (Lipinski definition) is 0. The number of unbranched alkanes of at least 4 members (excludes halogenated alkanes) is 1. The lowest BCUT2D eigenvalue weighted by molar-refractivity contribution is 0.0936. The molecule has 0 bridgehead atoms. The summed E-state index contributed by atoms with van der Waals surface area (Å²) in [7, 11) is 0. The Balaban J connectivity index is 1.51. The van der Waals surface area contributed by atoms with Gasteiger partial charge in [-0.25, -0.2) is 0 Å². The Hall–Kier alpha value is -0.300. The van der Waals surface area contributed by atoms with Crippen molar-refractivity contribution in [1.29, 1.82) is 0 Å². The molecule has 134 valence electrons. The monoisotopic (exact) mass is 320 g/mol. The van der Waals surface area contributed by atoms with Gasteiger partial charge >= 0.3 is 0 Å². The van der Waals surface area contributed by atoms with Gasteiger partial charge in [-0.2, -0.15) is 0 Å². The van der Waals surface area contributed by atoms with E-state index < -0.39 is 0 Å². The van der Waals surface area contributed by atoms with E-state index in [9.17, 15) is 0 Å². The third-order valence-electron chi connectivity index (χ3n) is 6.47. The van der Waals surface area contributed by atoms with Gasteiger partial charge in [-0.15, -0.1) is 6.58 Å². The summed E-state index contributed by atoms with van der Waals surface area (Å²) in [4.78, 5) is 0. The predicted octanol–water partition coefficient (Wildman–Crippen LogP) is 6.77. The minimum absolute atomic E-state index is 0.723. The van der Waals surface area contributed by atoms with E-state index in [1.165, 1.54) is 83.5 Å². The fraction of sp³-hybridized carbons (Fsp3) is 0.909. The van der Waals surface area contributed by atoms with Crippen LogP contribution in [0, 0.1) is 23.7 Å². The summed E-state index contributed by atoms with van der Waals surface area (Å²) in [5.41, 5.74) is 0. The van der Waals surface area contributed by atoms with Crippen molar-refractivity contribution in [2.24, 2.45) is 23.7 Å². The molecule has 0 N–H and O–H groups in total. The van der Waals surface area contributed by atoms with E-state index in [0.29, 0.717) is 0 Å². The highest BCUT2D eigenvalue weighted by Gasteiger charge is 2.24. The first-order valence-electron chi connectivity index (χ1n) is 10.5. The zero-order chi connectivity index (χ0) is 16.3. The van der Waals surface area contributed by atoms with Gasteiger partial charge in [-0.1, -0.05) is 83.6 Å². The minimum Gasteiger partial charge on any atom is -0.377 e. The molecule has 0 spiro atoms. The zero-order valence-electron chi connectivity index (χ0n) is 15.6. The van der Waals surface area contributed by atoms with E-state index >= 15 is 0 Å². The van der Waals surface area contributed by atoms with Gasteiger partial charge in [-0.05, 0) is 36.5 Å². The average molecular weight is 321 g/mol. The molecule has 2 aliphatic carbocycles. The molecule has 0 aliphatic heterocycles. The Morgan fingerprint density at radius 1 is 0.783 bits per heavy atom. The van der Waals surface area contributed by atoms with Gasteiger partial charge in [0.15, 0.2) is 0 Å². The summed E-state index contributed by atoms with van der Waals surface area (Å²) in [5, 5.41) is 0. The van der Waals surface area contributed by atoms with Crippen molar-refractivity contribution in [3.05, 3.63) is 12.7 Å². The van der Waals surface area contributed by atoms with Gasteiger partial charge in [-0.3, -0.25) is 0 Å². The van der Waals surface area contributed by atoms with Crippen LogP contribution in [0.5, 0.6) is 0 Å².